The molecule has 1 saturated heterocycles. The second-order valence-electron chi connectivity index (χ2n) is 7.18. The van der Waals surface area contributed by atoms with Crippen LogP contribution in [0, 0.1) is 12.8 Å². The second kappa shape index (κ2) is 8.93. The van der Waals surface area contributed by atoms with Crippen molar-refractivity contribution in [2.24, 2.45) is 5.92 Å². The molecule has 1 aliphatic heterocycles. The predicted molar refractivity (Wildman–Crippen MR) is 107 cm³/mol. The highest BCUT2D eigenvalue weighted by atomic mass is 16.1. The number of rotatable bonds is 6. The Morgan fingerprint density at radius 2 is 1.74 bits per heavy atom. The van der Waals surface area contributed by atoms with Crippen LogP contribution in [0.2, 0.25) is 0 Å². The van der Waals surface area contributed by atoms with E-state index in [2.05, 4.69) is 65.5 Å². The minimum atomic E-state index is 0.0558. The van der Waals surface area contributed by atoms with E-state index in [0.717, 1.165) is 55.7 Å². The lowest BCUT2D eigenvalue weighted by molar-refractivity contribution is -0.125. The Hall–Kier alpha value is -2.50. The first-order valence-corrected chi connectivity index (χ1v) is 9.91. The van der Waals surface area contributed by atoms with Gasteiger partial charge in [0.2, 0.25) is 11.9 Å². The molecule has 1 aromatic carbocycles. The molecule has 1 amide bonds. The van der Waals surface area contributed by atoms with Crippen LogP contribution in [0.4, 0.5) is 5.95 Å². The maximum Gasteiger partial charge on any atom is 0.245 e. The Morgan fingerprint density at radius 3 is 2.37 bits per heavy atom. The van der Waals surface area contributed by atoms with Gasteiger partial charge in [0.25, 0.3) is 0 Å². The van der Waals surface area contributed by atoms with Gasteiger partial charge in [0.05, 0.1) is 11.4 Å². The summed E-state index contributed by atoms with van der Waals surface area (Å²) in [6.45, 7) is 8.40. The molecule has 1 aromatic heterocycles. The third-order valence-electron chi connectivity index (χ3n) is 5.23. The number of aryl methyl sites for hydroxylation is 3. The van der Waals surface area contributed by atoms with Gasteiger partial charge in [-0.2, -0.15) is 5.10 Å². The van der Waals surface area contributed by atoms with E-state index in [1.807, 2.05) is 0 Å². The van der Waals surface area contributed by atoms with Gasteiger partial charge in [-0.25, -0.2) is 4.98 Å². The molecule has 0 atom stereocenters. The monoisotopic (exact) mass is 367 g/mol. The number of aromatic nitrogens is 3. The zero-order valence-corrected chi connectivity index (χ0v) is 16.5. The van der Waals surface area contributed by atoms with Crippen molar-refractivity contribution in [3.05, 3.63) is 46.8 Å². The van der Waals surface area contributed by atoms with Gasteiger partial charge in [-0.1, -0.05) is 43.7 Å². The van der Waals surface area contributed by atoms with E-state index in [1.165, 1.54) is 5.56 Å². The molecule has 0 spiro atoms. The standard InChI is InChI=1S/C21H29N5O/c1-4-18-19(5-2)24-25-21(23-18)26-12-10-17(11-13-26)20(27)22-14-16-8-6-15(3)7-9-16/h6-9,17H,4-5,10-14H2,1-3H3,(H,22,27). The van der Waals surface area contributed by atoms with E-state index < -0.39 is 0 Å². The molecule has 1 aliphatic rings. The number of hydrogen-bond donors (Lipinski definition) is 1. The number of anilines is 1. The molecule has 6 nitrogen and oxygen atoms in total. The van der Waals surface area contributed by atoms with Crippen LogP contribution in [-0.4, -0.2) is 34.2 Å². The van der Waals surface area contributed by atoms with Crippen molar-refractivity contribution in [2.75, 3.05) is 18.0 Å². The van der Waals surface area contributed by atoms with Crippen LogP contribution in [0.1, 0.15) is 49.2 Å². The van der Waals surface area contributed by atoms with E-state index in [-0.39, 0.29) is 11.8 Å². The molecule has 27 heavy (non-hydrogen) atoms. The first-order chi connectivity index (χ1) is 13.1. The molecule has 2 heterocycles. The van der Waals surface area contributed by atoms with Crippen LogP contribution in [-0.2, 0) is 24.2 Å². The van der Waals surface area contributed by atoms with Crippen molar-refractivity contribution in [1.82, 2.24) is 20.5 Å². The molecule has 0 bridgehead atoms. The SMILES string of the molecule is CCc1nnc(N2CCC(C(=O)NCc3ccc(C)cc3)CC2)nc1CC. The van der Waals surface area contributed by atoms with Crippen LogP contribution in [0.15, 0.2) is 24.3 Å². The van der Waals surface area contributed by atoms with Crippen LogP contribution in [0.25, 0.3) is 0 Å². The van der Waals surface area contributed by atoms with Gasteiger partial charge in [0.15, 0.2) is 0 Å². The molecular weight excluding hydrogens is 338 g/mol. The Labute approximate surface area is 161 Å². The zero-order chi connectivity index (χ0) is 19.2. The average Bonchev–Trinajstić information content (AvgIpc) is 2.72. The molecule has 3 rings (SSSR count). The first kappa shape index (κ1) is 19.3. The quantitative estimate of drug-likeness (QED) is 0.850. The van der Waals surface area contributed by atoms with Crippen molar-refractivity contribution >= 4 is 11.9 Å². The van der Waals surface area contributed by atoms with Crippen LogP contribution >= 0.6 is 0 Å². The summed E-state index contributed by atoms with van der Waals surface area (Å²) in [5.41, 5.74) is 4.37. The van der Waals surface area contributed by atoms with Crippen molar-refractivity contribution in [3.8, 4) is 0 Å². The van der Waals surface area contributed by atoms with Gasteiger partial charge in [-0.3, -0.25) is 4.79 Å². The molecule has 1 fully saturated rings. The summed E-state index contributed by atoms with van der Waals surface area (Å²) in [5, 5.41) is 11.7. The average molecular weight is 367 g/mol. The highest BCUT2D eigenvalue weighted by Gasteiger charge is 2.26. The van der Waals surface area contributed by atoms with Gasteiger partial charge in [0, 0.05) is 25.6 Å². The molecule has 0 unspecified atom stereocenters. The summed E-state index contributed by atoms with van der Waals surface area (Å²) in [5.74, 6) is 0.896. The number of nitrogens with zero attached hydrogens (tertiary/aromatic N) is 4. The zero-order valence-electron chi connectivity index (χ0n) is 16.5. The van der Waals surface area contributed by atoms with Gasteiger partial charge < -0.3 is 10.2 Å². The van der Waals surface area contributed by atoms with Gasteiger partial charge in [-0.15, -0.1) is 5.10 Å². The Bertz CT molecular complexity index is 767. The fraction of sp³-hybridized carbons (Fsp3) is 0.524. The summed E-state index contributed by atoms with van der Waals surface area (Å²) < 4.78 is 0. The summed E-state index contributed by atoms with van der Waals surface area (Å²) >= 11 is 0. The first-order valence-electron chi connectivity index (χ1n) is 9.91. The molecule has 6 heteroatoms. The summed E-state index contributed by atoms with van der Waals surface area (Å²) in [6, 6.07) is 8.27. The third-order valence-corrected chi connectivity index (χ3v) is 5.23. The van der Waals surface area contributed by atoms with E-state index in [0.29, 0.717) is 12.5 Å². The Balaban J connectivity index is 1.52. The fourth-order valence-electron chi connectivity index (χ4n) is 3.44. The maximum atomic E-state index is 12.5. The van der Waals surface area contributed by atoms with E-state index in [4.69, 9.17) is 4.98 Å². The smallest absolute Gasteiger partial charge is 0.245 e. The van der Waals surface area contributed by atoms with Crippen LogP contribution in [0.3, 0.4) is 0 Å². The van der Waals surface area contributed by atoms with Gasteiger partial charge in [0.1, 0.15) is 0 Å². The topological polar surface area (TPSA) is 71.0 Å². The molecule has 2 aromatic rings. The molecule has 0 radical (unpaired) electrons. The van der Waals surface area contributed by atoms with Crippen molar-refractivity contribution in [2.45, 2.75) is 53.0 Å². The molecule has 0 saturated carbocycles. The number of nitrogens with one attached hydrogen (secondary N) is 1. The van der Waals surface area contributed by atoms with Gasteiger partial charge >= 0.3 is 0 Å². The van der Waals surface area contributed by atoms with Crippen LogP contribution in [0.5, 0.6) is 0 Å². The highest BCUT2D eigenvalue weighted by Crippen LogP contribution is 2.21. The lowest BCUT2D eigenvalue weighted by Gasteiger charge is -2.31. The number of hydrogen-bond acceptors (Lipinski definition) is 5. The summed E-state index contributed by atoms with van der Waals surface area (Å²) in [6.07, 6.45) is 3.36. The summed E-state index contributed by atoms with van der Waals surface area (Å²) in [4.78, 5) is 19.3. The minimum absolute atomic E-state index is 0.0558. The fourth-order valence-corrected chi connectivity index (χ4v) is 3.44. The number of carbonyl (C=O) groups excluding carboxylic acids is 1. The van der Waals surface area contributed by atoms with Crippen molar-refractivity contribution in [1.29, 1.82) is 0 Å². The van der Waals surface area contributed by atoms with E-state index >= 15 is 0 Å². The second-order valence-corrected chi connectivity index (χ2v) is 7.18. The highest BCUT2D eigenvalue weighted by molar-refractivity contribution is 5.78. The number of piperidine rings is 1. The molecule has 0 aliphatic carbocycles. The van der Waals surface area contributed by atoms with Gasteiger partial charge in [-0.05, 0) is 38.2 Å². The number of amides is 1. The Kier molecular flexibility index (Phi) is 6.37. The minimum Gasteiger partial charge on any atom is -0.352 e. The molecular formula is C21H29N5O. The van der Waals surface area contributed by atoms with Crippen molar-refractivity contribution in [3.63, 3.8) is 0 Å². The largest absolute Gasteiger partial charge is 0.352 e. The summed E-state index contributed by atoms with van der Waals surface area (Å²) in [7, 11) is 0. The number of carbonyl (C=O) groups is 1. The van der Waals surface area contributed by atoms with Crippen molar-refractivity contribution < 1.29 is 4.79 Å². The normalized spacial score (nSPS) is 15.0. The third kappa shape index (κ3) is 4.81. The lowest BCUT2D eigenvalue weighted by atomic mass is 9.96. The molecule has 1 N–H and O–H groups in total. The van der Waals surface area contributed by atoms with E-state index in [1.54, 1.807) is 0 Å². The number of benzene rings is 1. The molecule has 144 valence electrons. The Morgan fingerprint density at radius 1 is 1.07 bits per heavy atom. The van der Waals surface area contributed by atoms with Crippen LogP contribution < -0.4 is 10.2 Å². The predicted octanol–water partition coefficient (Wildman–Crippen LogP) is 2.84. The van der Waals surface area contributed by atoms with E-state index in [9.17, 15) is 4.79 Å². The lowest BCUT2D eigenvalue weighted by Crippen LogP contribution is -2.41. The maximum absolute atomic E-state index is 12.5.